The Morgan fingerprint density at radius 2 is 1.79 bits per heavy atom. The SMILES string of the molecule is COCC1CCN(C(=O)c2cc(C)c(OCC(=O)O)c(C)c2)CC1. The Morgan fingerprint density at radius 3 is 2.29 bits per heavy atom. The highest BCUT2D eigenvalue weighted by Crippen LogP contribution is 2.26. The van der Waals surface area contributed by atoms with Gasteiger partial charge in [0.1, 0.15) is 5.75 Å². The second-order valence-corrected chi connectivity index (χ2v) is 6.31. The molecule has 0 aliphatic carbocycles. The first-order valence-corrected chi connectivity index (χ1v) is 8.16. The van der Waals surface area contributed by atoms with Gasteiger partial charge in [0.2, 0.25) is 0 Å². The maximum atomic E-state index is 12.7. The molecule has 0 aromatic heterocycles. The summed E-state index contributed by atoms with van der Waals surface area (Å²) in [6.07, 6.45) is 1.91. The number of nitrogens with zero attached hydrogens (tertiary/aromatic N) is 1. The average molecular weight is 335 g/mol. The van der Waals surface area contributed by atoms with Gasteiger partial charge < -0.3 is 19.5 Å². The Bertz CT molecular complexity index is 582. The number of aliphatic carboxylic acids is 1. The molecule has 1 fully saturated rings. The third-order valence-electron chi connectivity index (χ3n) is 4.35. The third kappa shape index (κ3) is 4.47. The third-order valence-corrected chi connectivity index (χ3v) is 4.35. The number of likely N-dealkylation sites (tertiary alicyclic amines) is 1. The van der Waals surface area contributed by atoms with Crippen LogP contribution in [-0.2, 0) is 9.53 Å². The molecular formula is C18H25NO5. The van der Waals surface area contributed by atoms with Crippen molar-refractivity contribution < 1.29 is 24.2 Å². The minimum absolute atomic E-state index is 0.0156. The van der Waals surface area contributed by atoms with Crippen LogP contribution in [-0.4, -0.2) is 55.3 Å². The highest BCUT2D eigenvalue weighted by atomic mass is 16.5. The van der Waals surface area contributed by atoms with Crippen molar-refractivity contribution in [1.82, 2.24) is 4.90 Å². The minimum atomic E-state index is -1.02. The number of ether oxygens (including phenoxy) is 2. The summed E-state index contributed by atoms with van der Waals surface area (Å²) in [4.78, 5) is 25.2. The van der Waals surface area contributed by atoms with Gasteiger partial charge in [-0.3, -0.25) is 4.79 Å². The van der Waals surface area contributed by atoms with E-state index in [1.165, 1.54) is 0 Å². The Balaban J connectivity index is 2.06. The molecule has 1 heterocycles. The fourth-order valence-corrected chi connectivity index (χ4v) is 3.16. The van der Waals surface area contributed by atoms with Crippen molar-refractivity contribution in [2.24, 2.45) is 5.92 Å². The Hall–Kier alpha value is -2.08. The lowest BCUT2D eigenvalue weighted by Gasteiger charge is -2.32. The van der Waals surface area contributed by atoms with Crippen LogP contribution in [0.3, 0.4) is 0 Å². The predicted octanol–water partition coefficient (Wildman–Crippen LogP) is 2.27. The van der Waals surface area contributed by atoms with Crippen molar-refractivity contribution in [1.29, 1.82) is 0 Å². The van der Waals surface area contributed by atoms with Gasteiger partial charge in [-0.2, -0.15) is 0 Å². The van der Waals surface area contributed by atoms with Gasteiger partial charge in [-0.05, 0) is 55.9 Å². The number of carboxylic acids is 1. The molecule has 0 radical (unpaired) electrons. The smallest absolute Gasteiger partial charge is 0.341 e. The van der Waals surface area contributed by atoms with Crippen molar-refractivity contribution in [3.63, 3.8) is 0 Å². The van der Waals surface area contributed by atoms with Crippen molar-refractivity contribution in [3.8, 4) is 5.75 Å². The molecule has 6 heteroatoms. The topological polar surface area (TPSA) is 76.1 Å². The zero-order valence-electron chi connectivity index (χ0n) is 14.5. The summed E-state index contributed by atoms with van der Waals surface area (Å²) in [6, 6.07) is 3.54. The number of benzene rings is 1. The lowest BCUT2D eigenvalue weighted by molar-refractivity contribution is -0.139. The first-order chi connectivity index (χ1) is 11.4. The van der Waals surface area contributed by atoms with Gasteiger partial charge in [0.05, 0.1) is 0 Å². The molecule has 132 valence electrons. The number of hydrogen-bond acceptors (Lipinski definition) is 4. The van der Waals surface area contributed by atoms with Crippen LogP contribution in [0.2, 0.25) is 0 Å². The number of aryl methyl sites for hydroxylation is 2. The van der Waals surface area contributed by atoms with E-state index in [0.29, 0.717) is 17.2 Å². The number of carboxylic acid groups (broad SMARTS) is 1. The maximum absolute atomic E-state index is 12.7. The van der Waals surface area contributed by atoms with E-state index < -0.39 is 5.97 Å². The summed E-state index contributed by atoms with van der Waals surface area (Å²) in [5, 5.41) is 8.73. The van der Waals surface area contributed by atoms with E-state index in [1.807, 2.05) is 18.7 Å². The second-order valence-electron chi connectivity index (χ2n) is 6.31. The number of carbonyl (C=O) groups excluding carboxylic acids is 1. The fourth-order valence-electron chi connectivity index (χ4n) is 3.16. The van der Waals surface area contributed by atoms with Crippen LogP contribution in [0.25, 0.3) is 0 Å². The molecule has 1 aliphatic heterocycles. The molecule has 1 aromatic carbocycles. The summed E-state index contributed by atoms with van der Waals surface area (Å²) in [5.74, 6) is 0.0526. The van der Waals surface area contributed by atoms with E-state index >= 15 is 0 Å². The molecule has 0 unspecified atom stereocenters. The summed E-state index contributed by atoms with van der Waals surface area (Å²) >= 11 is 0. The van der Waals surface area contributed by atoms with Crippen LogP contribution in [0.15, 0.2) is 12.1 Å². The summed E-state index contributed by atoms with van der Waals surface area (Å²) in [7, 11) is 1.71. The number of amides is 1. The zero-order valence-corrected chi connectivity index (χ0v) is 14.5. The molecule has 24 heavy (non-hydrogen) atoms. The lowest BCUT2D eigenvalue weighted by Crippen LogP contribution is -2.39. The van der Waals surface area contributed by atoms with Crippen LogP contribution in [0, 0.1) is 19.8 Å². The van der Waals surface area contributed by atoms with Crippen molar-refractivity contribution >= 4 is 11.9 Å². The molecular weight excluding hydrogens is 310 g/mol. The van der Waals surface area contributed by atoms with Crippen LogP contribution < -0.4 is 4.74 Å². The average Bonchev–Trinajstić information content (AvgIpc) is 2.54. The molecule has 0 spiro atoms. The molecule has 1 N–H and O–H groups in total. The summed E-state index contributed by atoms with van der Waals surface area (Å²) < 4.78 is 10.5. The first kappa shape index (κ1) is 18.3. The van der Waals surface area contributed by atoms with E-state index in [-0.39, 0.29) is 12.5 Å². The van der Waals surface area contributed by atoms with Gasteiger partial charge >= 0.3 is 5.97 Å². The molecule has 0 bridgehead atoms. The molecule has 6 nitrogen and oxygen atoms in total. The molecule has 1 saturated heterocycles. The van der Waals surface area contributed by atoms with E-state index in [4.69, 9.17) is 14.6 Å². The van der Waals surface area contributed by atoms with Gasteiger partial charge in [-0.25, -0.2) is 4.79 Å². The standard InChI is InChI=1S/C18H25NO5/c1-12-8-15(9-13(2)17(12)24-11-16(20)21)18(22)19-6-4-14(5-7-19)10-23-3/h8-9,14H,4-7,10-11H2,1-3H3,(H,20,21). The van der Waals surface area contributed by atoms with Gasteiger partial charge in [-0.15, -0.1) is 0 Å². The fraction of sp³-hybridized carbons (Fsp3) is 0.556. The van der Waals surface area contributed by atoms with Crippen molar-refractivity contribution in [2.45, 2.75) is 26.7 Å². The van der Waals surface area contributed by atoms with Crippen molar-refractivity contribution in [2.75, 3.05) is 33.4 Å². The Morgan fingerprint density at radius 1 is 1.21 bits per heavy atom. The number of carbonyl (C=O) groups is 2. The lowest BCUT2D eigenvalue weighted by atomic mass is 9.96. The second kappa shape index (κ2) is 8.15. The quantitative estimate of drug-likeness (QED) is 0.863. The maximum Gasteiger partial charge on any atom is 0.341 e. The van der Waals surface area contributed by atoms with Gasteiger partial charge in [0.15, 0.2) is 6.61 Å². The normalized spacial score (nSPS) is 15.4. The first-order valence-electron chi connectivity index (χ1n) is 8.16. The van der Waals surface area contributed by atoms with Gasteiger partial charge in [-0.1, -0.05) is 0 Å². The highest BCUT2D eigenvalue weighted by Gasteiger charge is 2.24. The highest BCUT2D eigenvalue weighted by molar-refractivity contribution is 5.95. The summed E-state index contributed by atoms with van der Waals surface area (Å²) in [6.45, 7) is 5.49. The number of piperidine rings is 1. The monoisotopic (exact) mass is 335 g/mol. The number of rotatable bonds is 6. The van der Waals surface area contributed by atoms with Crippen LogP contribution in [0.4, 0.5) is 0 Å². The van der Waals surface area contributed by atoms with Crippen LogP contribution >= 0.6 is 0 Å². The molecule has 1 aliphatic rings. The molecule has 1 aromatic rings. The van der Waals surface area contributed by atoms with Crippen LogP contribution in [0.5, 0.6) is 5.75 Å². The molecule has 0 atom stereocenters. The number of hydrogen-bond donors (Lipinski definition) is 1. The van der Waals surface area contributed by atoms with E-state index in [2.05, 4.69) is 0 Å². The van der Waals surface area contributed by atoms with Crippen LogP contribution in [0.1, 0.15) is 34.3 Å². The Labute approximate surface area is 142 Å². The largest absolute Gasteiger partial charge is 0.481 e. The Kier molecular flexibility index (Phi) is 6.20. The molecule has 1 amide bonds. The predicted molar refractivity (Wildman–Crippen MR) is 89.6 cm³/mol. The molecule has 2 rings (SSSR count). The number of methoxy groups -OCH3 is 1. The van der Waals surface area contributed by atoms with Gasteiger partial charge in [0, 0.05) is 32.4 Å². The van der Waals surface area contributed by atoms with Gasteiger partial charge in [0.25, 0.3) is 5.91 Å². The van der Waals surface area contributed by atoms with E-state index in [0.717, 1.165) is 43.7 Å². The van der Waals surface area contributed by atoms with Crippen molar-refractivity contribution in [3.05, 3.63) is 28.8 Å². The van der Waals surface area contributed by atoms with E-state index in [1.54, 1.807) is 19.2 Å². The minimum Gasteiger partial charge on any atom is -0.481 e. The molecule has 0 saturated carbocycles. The summed E-state index contributed by atoms with van der Waals surface area (Å²) in [5.41, 5.74) is 2.17. The van der Waals surface area contributed by atoms with E-state index in [9.17, 15) is 9.59 Å². The zero-order chi connectivity index (χ0) is 17.7.